The van der Waals surface area contributed by atoms with E-state index in [2.05, 4.69) is 22.1 Å². The summed E-state index contributed by atoms with van der Waals surface area (Å²) in [4.78, 5) is 11.4. The SMILES string of the molecule is Cc1nc(Nc2ccccc2F)nc(N2CCc3cc(F)ccc3C2C)c1C. The van der Waals surface area contributed by atoms with Crippen molar-refractivity contribution in [1.29, 1.82) is 0 Å². The van der Waals surface area contributed by atoms with Crippen molar-refractivity contribution in [2.45, 2.75) is 33.2 Å². The van der Waals surface area contributed by atoms with Crippen LogP contribution >= 0.6 is 0 Å². The van der Waals surface area contributed by atoms with Crippen LogP contribution < -0.4 is 10.2 Å². The summed E-state index contributed by atoms with van der Waals surface area (Å²) >= 11 is 0. The summed E-state index contributed by atoms with van der Waals surface area (Å²) in [5.74, 6) is 0.618. The summed E-state index contributed by atoms with van der Waals surface area (Å²) in [6.45, 7) is 6.74. The van der Waals surface area contributed by atoms with Gasteiger partial charge in [0.25, 0.3) is 0 Å². The summed E-state index contributed by atoms with van der Waals surface area (Å²) < 4.78 is 27.6. The van der Waals surface area contributed by atoms with Crippen molar-refractivity contribution in [2.24, 2.45) is 0 Å². The predicted octanol–water partition coefficient (Wildman–Crippen LogP) is 5.24. The topological polar surface area (TPSA) is 41.1 Å². The molecule has 0 radical (unpaired) electrons. The Balaban J connectivity index is 1.71. The number of halogens is 2. The summed E-state index contributed by atoms with van der Waals surface area (Å²) in [7, 11) is 0. The van der Waals surface area contributed by atoms with Gasteiger partial charge in [-0.25, -0.2) is 13.8 Å². The highest BCUT2D eigenvalue weighted by Crippen LogP contribution is 2.35. The van der Waals surface area contributed by atoms with Crippen LogP contribution in [-0.4, -0.2) is 16.5 Å². The maximum absolute atomic E-state index is 14.0. The smallest absolute Gasteiger partial charge is 0.229 e. The Bertz CT molecular complexity index is 1040. The second-order valence-corrected chi connectivity index (χ2v) is 7.15. The summed E-state index contributed by atoms with van der Waals surface area (Å²) in [5.41, 5.74) is 4.30. The molecule has 0 bridgehead atoms. The zero-order valence-corrected chi connectivity index (χ0v) is 16.1. The first-order chi connectivity index (χ1) is 13.4. The van der Waals surface area contributed by atoms with Crippen LogP contribution in [0.1, 0.15) is 35.3 Å². The molecule has 2 heterocycles. The predicted molar refractivity (Wildman–Crippen MR) is 107 cm³/mol. The summed E-state index contributed by atoms with van der Waals surface area (Å²) in [6, 6.07) is 11.5. The molecule has 4 nitrogen and oxygen atoms in total. The van der Waals surface area contributed by atoms with Gasteiger partial charge in [-0.15, -0.1) is 0 Å². The third-order valence-electron chi connectivity index (χ3n) is 5.40. The molecule has 1 aromatic heterocycles. The highest BCUT2D eigenvalue weighted by atomic mass is 19.1. The number of hydrogen-bond acceptors (Lipinski definition) is 4. The standard InChI is InChI=1S/C22H22F2N4/c1-13-14(2)25-22(26-20-7-5-4-6-19(20)24)27-21(13)28-11-10-16-12-17(23)8-9-18(16)15(28)3/h4-9,12,15H,10-11H2,1-3H3,(H,25,26,27). The number of rotatable bonds is 3. The maximum atomic E-state index is 14.0. The molecule has 3 aromatic rings. The van der Waals surface area contributed by atoms with E-state index >= 15 is 0 Å². The third-order valence-corrected chi connectivity index (χ3v) is 5.40. The number of nitrogens with one attached hydrogen (secondary N) is 1. The van der Waals surface area contributed by atoms with Crippen LogP contribution in [0.25, 0.3) is 0 Å². The fraction of sp³-hybridized carbons (Fsp3) is 0.273. The Labute approximate surface area is 163 Å². The minimum Gasteiger partial charge on any atom is -0.349 e. The Morgan fingerprint density at radius 1 is 1.07 bits per heavy atom. The minimum absolute atomic E-state index is 0.0543. The maximum Gasteiger partial charge on any atom is 0.229 e. The molecule has 0 spiro atoms. The number of nitrogens with zero attached hydrogens (tertiary/aromatic N) is 3. The number of benzene rings is 2. The number of para-hydroxylation sites is 1. The Hall–Kier alpha value is -3.02. The number of fused-ring (bicyclic) bond motifs is 1. The van der Waals surface area contributed by atoms with E-state index in [1.54, 1.807) is 24.3 Å². The molecule has 28 heavy (non-hydrogen) atoms. The van der Waals surface area contributed by atoms with Crippen LogP contribution in [0.15, 0.2) is 42.5 Å². The van der Waals surface area contributed by atoms with Crippen LogP contribution in [0.5, 0.6) is 0 Å². The van der Waals surface area contributed by atoms with Gasteiger partial charge in [-0.2, -0.15) is 4.98 Å². The summed E-state index contributed by atoms with van der Waals surface area (Å²) in [6.07, 6.45) is 0.746. The van der Waals surface area contributed by atoms with Gasteiger partial charge < -0.3 is 10.2 Å². The number of aromatic nitrogens is 2. The molecule has 1 aliphatic heterocycles. The first-order valence-corrected chi connectivity index (χ1v) is 9.36. The van der Waals surface area contributed by atoms with Gasteiger partial charge in [-0.05, 0) is 62.6 Å². The van der Waals surface area contributed by atoms with Crippen molar-refractivity contribution in [2.75, 3.05) is 16.8 Å². The van der Waals surface area contributed by atoms with Gasteiger partial charge in [0.1, 0.15) is 17.5 Å². The Kier molecular flexibility index (Phi) is 4.71. The molecule has 0 fully saturated rings. The van der Waals surface area contributed by atoms with Crippen LogP contribution in [0.4, 0.5) is 26.2 Å². The lowest BCUT2D eigenvalue weighted by Gasteiger charge is -2.37. The third kappa shape index (κ3) is 3.30. The lowest BCUT2D eigenvalue weighted by atomic mass is 9.93. The molecular weight excluding hydrogens is 358 g/mol. The monoisotopic (exact) mass is 380 g/mol. The first-order valence-electron chi connectivity index (χ1n) is 9.36. The first kappa shape index (κ1) is 18.3. The van der Waals surface area contributed by atoms with E-state index < -0.39 is 0 Å². The molecule has 1 aliphatic rings. The van der Waals surface area contributed by atoms with Gasteiger partial charge >= 0.3 is 0 Å². The quantitative estimate of drug-likeness (QED) is 0.675. The van der Waals surface area contributed by atoms with Crippen molar-refractivity contribution < 1.29 is 8.78 Å². The van der Waals surface area contributed by atoms with Crippen molar-refractivity contribution in [1.82, 2.24) is 9.97 Å². The van der Waals surface area contributed by atoms with Gasteiger partial charge in [-0.3, -0.25) is 0 Å². The Morgan fingerprint density at radius 3 is 2.64 bits per heavy atom. The second kappa shape index (κ2) is 7.19. The van der Waals surface area contributed by atoms with Gasteiger partial charge in [0, 0.05) is 17.8 Å². The highest BCUT2D eigenvalue weighted by molar-refractivity contribution is 5.60. The zero-order valence-electron chi connectivity index (χ0n) is 16.1. The average molecular weight is 380 g/mol. The minimum atomic E-state index is -0.354. The highest BCUT2D eigenvalue weighted by Gasteiger charge is 2.27. The van der Waals surface area contributed by atoms with Crippen LogP contribution in [0.3, 0.4) is 0 Å². The van der Waals surface area contributed by atoms with E-state index in [1.807, 2.05) is 19.9 Å². The summed E-state index contributed by atoms with van der Waals surface area (Å²) in [5, 5.41) is 2.99. The van der Waals surface area contributed by atoms with Crippen molar-refractivity contribution in [3.63, 3.8) is 0 Å². The van der Waals surface area contributed by atoms with Gasteiger partial charge in [0.15, 0.2) is 0 Å². The van der Waals surface area contributed by atoms with Gasteiger partial charge in [0.2, 0.25) is 5.95 Å². The molecule has 2 aromatic carbocycles. The molecular formula is C22H22F2N4. The van der Waals surface area contributed by atoms with Crippen molar-refractivity contribution in [3.8, 4) is 0 Å². The largest absolute Gasteiger partial charge is 0.349 e. The molecule has 1 unspecified atom stereocenters. The van der Waals surface area contributed by atoms with Crippen LogP contribution in [-0.2, 0) is 6.42 Å². The molecule has 1 atom stereocenters. The van der Waals surface area contributed by atoms with Crippen molar-refractivity contribution in [3.05, 3.63) is 76.5 Å². The fourth-order valence-corrected chi connectivity index (χ4v) is 3.72. The molecule has 0 amide bonds. The molecule has 1 N–H and O–H groups in total. The van der Waals surface area contributed by atoms with E-state index in [9.17, 15) is 8.78 Å². The van der Waals surface area contributed by atoms with E-state index in [0.717, 1.165) is 41.2 Å². The van der Waals surface area contributed by atoms with Crippen molar-refractivity contribution >= 4 is 17.5 Å². The lowest BCUT2D eigenvalue weighted by molar-refractivity contribution is 0.592. The van der Waals surface area contributed by atoms with Crippen LogP contribution in [0, 0.1) is 25.5 Å². The van der Waals surface area contributed by atoms with E-state index in [4.69, 9.17) is 4.98 Å². The second-order valence-electron chi connectivity index (χ2n) is 7.15. The average Bonchev–Trinajstić information content (AvgIpc) is 2.67. The molecule has 0 aliphatic carbocycles. The lowest BCUT2D eigenvalue weighted by Crippen LogP contribution is -2.35. The van der Waals surface area contributed by atoms with Gasteiger partial charge in [-0.1, -0.05) is 18.2 Å². The van der Waals surface area contributed by atoms with E-state index in [-0.39, 0.29) is 17.7 Å². The fourth-order valence-electron chi connectivity index (χ4n) is 3.72. The number of aryl methyl sites for hydroxylation is 1. The molecule has 0 saturated carbocycles. The molecule has 144 valence electrons. The van der Waals surface area contributed by atoms with E-state index in [1.165, 1.54) is 12.1 Å². The van der Waals surface area contributed by atoms with Gasteiger partial charge in [0.05, 0.1) is 11.7 Å². The number of anilines is 3. The van der Waals surface area contributed by atoms with Crippen LogP contribution in [0.2, 0.25) is 0 Å². The molecule has 4 rings (SSSR count). The number of hydrogen-bond donors (Lipinski definition) is 1. The molecule has 6 heteroatoms. The van der Waals surface area contributed by atoms with E-state index in [0.29, 0.717) is 11.6 Å². The zero-order chi connectivity index (χ0) is 19.8. The molecule has 0 saturated heterocycles. The Morgan fingerprint density at radius 2 is 1.86 bits per heavy atom. The normalized spacial score (nSPS) is 16.0.